The Bertz CT molecular complexity index is 406. The van der Waals surface area contributed by atoms with E-state index in [0.717, 1.165) is 5.56 Å². The van der Waals surface area contributed by atoms with E-state index in [4.69, 9.17) is 7.85 Å². The standard InChI is InChI=1S/C12H27P.C9H9BO2/c1-4-7-10-13(11-8-5-2)12-9-6-3;1-12-9(11)8(10)7-5-3-2-4-6-7/h4-12H2,1-3H3;2-6,8H,1H3. The minimum absolute atomic E-state index is 0.416. The molecule has 0 aromatic heterocycles. The minimum atomic E-state index is -0.670. The third kappa shape index (κ3) is 12.2. The van der Waals surface area contributed by atoms with E-state index in [0.29, 0.717) is 7.92 Å². The lowest BCUT2D eigenvalue weighted by Crippen LogP contribution is -2.13. The average molecular weight is 362 g/mol. The minimum Gasteiger partial charge on any atom is -0.469 e. The van der Waals surface area contributed by atoms with Crippen LogP contribution >= 0.6 is 7.92 Å². The quantitative estimate of drug-likeness (QED) is 0.277. The van der Waals surface area contributed by atoms with Crippen LogP contribution in [0.3, 0.4) is 0 Å². The largest absolute Gasteiger partial charge is 0.469 e. The Kier molecular flexibility index (Phi) is 16.1. The van der Waals surface area contributed by atoms with E-state index in [2.05, 4.69) is 25.5 Å². The molecule has 1 atom stereocenters. The molecule has 0 aliphatic carbocycles. The molecule has 0 heterocycles. The molecule has 0 amide bonds. The summed E-state index contributed by atoms with van der Waals surface area (Å²) in [5.41, 5.74) is 0.768. The van der Waals surface area contributed by atoms with Gasteiger partial charge in [-0.1, -0.05) is 70.4 Å². The molecule has 1 aromatic carbocycles. The second kappa shape index (κ2) is 16.6. The predicted octanol–water partition coefficient (Wildman–Crippen LogP) is 5.94. The normalized spacial score (nSPS) is 11.6. The number of carbonyl (C=O) groups excluding carboxylic acids is 1. The van der Waals surface area contributed by atoms with Crippen molar-refractivity contribution >= 4 is 21.7 Å². The van der Waals surface area contributed by atoms with E-state index in [9.17, 15) is 4.79 Å². The van der Waals surface area contributed by atoms with Crippen molar-refractivity contribution in [3.63, 3.8) is 0 Å². The Morgan fingerprint density at radius 2 is 1.40 bits per heavy atom. The van der Waals surface area contributed by atoms with Crippen LogP contribution in [0.1, 0.15) is 70.7 Å². The highest BCUT2D eigenvalue weighted by atomic mass is 31.1. The molecular weight excluding hydrogens is 326 g/mol. The van der Waals surface area contributed by atoms with Gasteiger partial charge in [0.25, 0.3) is 0 Å². The maximum Gasteiger partial charge on any atom is 0.304 e. The molecule has 2 radical (unpaired) electrons. The van der Waals surface area contributed by atoms with E-state index in [1.54, 1.807) is 30.6 Å². The van der Waals surface area contributed by atoms with Crippen molar-refractivity contribution in [2.45, 2.75) is 65.1 Å². The highest BCUT2D eigenvalue weighted by Gasteiger charge is 2.13. The molecule has 2 nitrogen and oxygen atoms in total. The zero-order valence-electron chi connectivity index (χ0n) is 16.7. The van der Waals surface area contributed by atoms with Gasteiger partial charge in [0.05, 0.1) is 15.0 Å². The van der Waals surface area contributed by atoms with Crippen LogP contribution in [0.5, 0.6) is 0 Å². The Balaban J connectivity index is 0.000000462. The molecule has 0 aliphatic rings. The van der Waals surface area contributed by atoms with E-state index in [-0.39, 0.29) is 0 Å². The third-order valence-electron chi connectivity index (χ3n) is 4.10. The molecule has 0 bridgehead atoms. The molecule has 0 fully saturated rings. The van der Waals surface area contributed by atoms with Gasteiger partial charge < -0.3 is 4.74 Å². The second-order valence-electron chi connectivity index (χ2n) is 6.31. The molecule has 25 heavy (non-hydrogen) atoms. The molecular formula is C21H36BO2P. The van der Waals surface area contributed by atoms with Gasteiger partial charge >= 0.3 is 5.97 Å². The Morgan fingerprint density at radius 1 is 0.960 bits per heavy atom. The van der Waals surface area contributed by atoms with Crippen molar-refractivity contribution in [3.05, 3.63) is 35.9 Å². The zero-order chi connectivity index (χ0) is 18.9. The van der Waals surface area contributed by atoms with Crippen LogP contribution in [0, 0.1) is 0 Å². The van der Waals surface area contributed by atoms with Crippen molar-refractivity contribution in [2.75, 3.05) is 25.6 Å². The molecule has 0 spiro atoms. The Labute approximate surface area is 158 Å². The van der Waals surface area contributed by atoms with Crippen LogP contribution in [-0.4, -0.2) is 39.4 Å². The van der Waals surface area contributed by atoms with Crippen molar-refractivity contribution in [3.8, 4) is 0 Å². The number of methoxy groups -OCH3 is 1. The zero-order valence-corrected chi connectivity index (χ0v) is 17.6. The fourth-order valence-electron chi connectivity index (χ4n) is 2.40. The van der Waals surface area contributed by atoms with Crippen molar-refractivity contribution in [1.29, 1.82) is 0 Å². The van der Waals surface area contributed by atoms with Gasteiger partial charge in [-0.25, -0.2) is 0 Å². The number of rotatable bonds is 11. The van der Waals surface area contributed by atoms with Crippen molar-refractivity contribution in [2.24, 2.45) is 0 Å². The molecule has 140 valence electrons. The number of hydrogen-bond donors (Lipinski definition) is 0. The summed E-state index contributed by atoms with van der Waals surface area (Å²) >= 11 is 0. The summed E-state index contributed by atoms with van der Waals surface area (Å²) in [5.74, 6) is -1.09. The number of benzene rings is 1. The van der Waals surface area contributed by atoms with Gasteiger partial charge in [-0.3, -0.25) is 4.79 Å². The van der Waals surface area contributed by atoms with Gasteiger partial charge in [0.15, 0.2) is 0 Å². The topological polar surface area (TPSA) is 26.3 Å². The van der Waals surface area contributed by atoms with Crippen LogP contribution in [0.4, 0.5) is 0 Å². The first-order valence-corrected chi connectivity index (χ1v) is 11.6. The molecule has 4 heteroatoms. The van der Waals surface area contributed by atoms with E-state index >= 15 is 0 Å². The lowest BCUT2D eigenvalue weighted by atomic mass is 9.81. The van der Waals surface area contributed by atoms with Gasteiger partial charge in [-0.15, -0.1) is 7.92 Å². The smallest absolute Gasteiger partial charge is 0.304 e. The fourth-order valence-corrected chi connectivity index (χ4v) is 5.37. The summed E-state index contributed by atoms with van der Waals surface area (Å²) in [5, 5.41) is 0. The Hall–Kier alpha value is -0.815. The summed E-state index contributed by atoms with van der Waals surface area (Å²) < 4.78 is 4.50. The molecule has 0 saturated carbocycles. The lowest BCUT2D eigenvalue weighted by molar-refractivity contribution is -0.140. The summed E-state index contributed by atoms with van der Waals surface area (Å²) in [7, 11) is 7.32. The van der Waals surface area contributed by atoms with Crippen LogP contribution in [0.25, 0.3) is 0 Å². The Morgan fingerprint density at radius 3 is 1.76 bits per heavy atom. The monoisotopic (exact) mass is 362 g/mol. The first-order chi connectivity index (χ1) is 12.1. The fraction of sp³-hybridized carbons (Fsp3) is 0.667. The summed E-state index contributed by atoms with van der Waals surface area (Å²) in [6.07, 6.45) is 13.2. The second-order valence-corrected chi connectivity index (χ2v) is 9.00. The number of carbonyl (C=O) groups is 1. The van der Waals surface area contributed by atoms with E-state index < -0.39 is 11.8 Å². The average Bonchev–Trinajstić information content (AvgIpc) is 2.67. The first kappa shape index (κ1) is 24.2. The van der Waals surface area contributed by atoms with Gasteiger partial charge in [0, 0.05) is 5.82 Å². The first-order valence-electron chi connectivity index (χ1n) is 9.71. The number of hydrogen-bond acceptors (Lipinski definition) is 2. The molecule has 1 aromatic rings. The molecule has 1 unspecified atom stereocenters. The number of esters is 1. The van der Waals surface area contributed by atoms with Gasteiger partial charge in [-0.2, -0.15) is 0 Å². The SMILES string of the molecule is CCCCP(CCCC)CCCC.[B]C(C(=O)OC)c1ccccc1. The van der Waals surface area contributed by atoms with Gasteiger partial charge in [0.1, 0.15) is 0 Å². The molecule has 0 saturated heterocycles. The van der Waals surface area contributed by atoms with Crippen LogP contribution in [0.2, 0.25) is 0 Å². The molecule has 0 N–H and O–H groups in total. The summed E-state index contributed by atoms with van der Waals surface area (Å²) in [6, 6.07) is 9.12. The van der Waals surface area contributed by atoms with Crippen LogP contribution < -0.4 is 0 Å². The van der Waals surface area contributed by atoms with Crippen molar-refractivity contribution in [1.82, 2.24) is 0 Å². The lowest BCUT2D eigenvalue weighted by Gasteiger charge is -2.16. The maximum absolute atomic E-state index is 11.0. The van der Waals surface area contributed by atoms with E-state index in [1.807, 2.05) is 18.2 Å². The molecule has 0 aliphatic heterocycles. The molecule has 1 rings (SSSR count). The van der Waals surface area contributed by atoms with Crippen LogP contribution in [-0.2, 0) is 9.53 Å². The third-order valence-corrected chi connectivity index (χ3v) is 6.94. The van der Waals surface area contributed by atoms with E-state index in [1.165, 1.54) is 45.6 Å². The van der Waals surface area contributed by atoms with Crippen LogP contribution in [0.15, 0.2) is 30.3 Å². The highest BCUT2D eigenvalue weighted by molar-refractivity contribution is 7.57. The predicted molar refractivity (Wildman–Crippen MR) is 113 cm³/mol. The maximum atomic E-state index is 11.0. The highest BCUT2D eigenvalue weighted by Crippen LogP contribution is 2.38. The summed E-state index contributed by atoms with van der Waals surface area (Å²) in [6.45, 7) is 6.94. The van der Waals surface area contributed by atoms with Gasteiger partial charge in [0.2, 0.25) is 0 Å². The number of ether oxygens (including phenoxy) is 1. The van der Waals surface area contributed by atoms with Gasteiger partial charge in [-0.05, 0) is 43.3 Å². The summed E-state index contributed by atoms with van der Waals surface area (Å²) in [4.78, 5) is 11.0. The van der Waals surface area contributed by atoms with Crippen molar-refractivity contribution < 1.29 is 9.53 Å². The number of unbranched alkanes of at least 4 members (excludes halogenated alkanes) is 3.